The Morgan fingerprint density at radius 2 is 2.07 bits per heavy atom. The van der Waals surface area contributed by atoms with Gasteiger partial charge in [0.25, 0.3) is 0 Å². The lowest BCUT2D eigenvalue weighted by atomic mass is 10.2. The first-order chi connectivity index (χ1) is 6.55. The molecule has 0 saturated carbocycles. The molecular weight excluding hydrogens is 204 g/mol. The standard InChI is InChI=1S/C8H14N2O3S/c1-3-5-8(7-9)10-13-14(11,12)6-4-2/h3-6H2,1-2H3. The molecule has 0 radical (unpaired) electrons. The van der Waals surface area contributed by atoms with Crippen LogP contribution in [-0.2, 0) is 14.4 Å². The van der Waals surface area contributed by atoms with Crippen LogP contribution in [0.25, 0.3) is 0 Å². The Kier molecular flexibility index (Phi) is 5.88. The molecule has 0 saturated heterocycles. The van der Waals surface area contributed by atoms with Gasteiger partial charge < -0.3 is 0 Å². The largest absolute Gasteiger partial charge is 0.328 e. The number of hydrogen-bond acceptors (Lipinski definition) is 5. The van der Waals surface area contributed by atoms with Crippen LogP contribution in [0.2, 0.25) is 0 Å². The summed E-state index contributed by atoms with van der Waals surface area (Å²) in [6.07, 6.45) is 1.62. The maximum atomic E-state index is 11.0. The van der Waals surface area contributed by atoms with Crippen molar-refractivity contribution in [3.05, 3.63) is 0 Å². The number of hydrogen-bond donors (Lipinski definition) is 0. The minimum absolute atomic E-state index is 0.0820. The second kappa shape index (κ2) is 6.38. The molecule has 0 aromatic rings. The Morgan fingerprint density at radius 3 is 2.50 bits per heavy atom. The summed E-state index contributed by atoms with van der Waals surface area (Å²) in [5, 5.41) is 11.8. The van der Waals surface area contributed by atoms with Gasteiger partial charge in [-0.05, 0) is 12.8 Å². The van der Waals surface area contributed by atoms with Crippen LogP contribution in [0.3, 0.4) is 0 Å². The predicted octanol–water partition coefficient (Wildman–Crippen LogP) is 1.42. The first-order valence-corrected chi connectivity index (χ1v) is 6.01. The molecule has 0 aliphatic rings. The lowest BCUT2D eigenvalue weighted by Crippen LogP contribution is -2.08. The molecule has 0 N–H and O–H groups in total. The van der Waals surface area contributed by atoms with E-state index in [2.05, 4.69) is 9.44 Å². The van der Waals surface area contributed by atoms with E-state index in [9.17, 15) is 8.42 Å². The summed E-state index contributed by atoms with van der Waals surface area (Å²) < 4.78 is 26.3. The number of rotatable bonds is 6. The summed E-state index contributed by atoms with van der Waals surface area (Å²) in [6.45, 7) is 3.59. The van der Waals surface area contributed by atoms with E-state index in [1.807, 2.05) is 6.92 Å². The van der Waals surface area contributed by atoms with Crippen LogP contribution < -0.4 is 0 Å². The van der Waals surface area contributed by atoms with Crippen molar-refractivity contribution in [2.45, 2.75) is 33.1 Å². The molecule has 0 heterocycles. The minimum atomic E-state index is -3.59. The summed E-state index contributed by atoms with van der Waals surface area (Å²) in [4.78, 5) is 0. The zero-order valence-corrected chi connectivity index (χ0v) is 9.17. The van der Waals surface area contributed by atoms with Crippen molar-refractivity contribution in [2.24, 2.45) is 5.16 Å². The van der Waals surface area contributed by atoms with E-state index in [0.29, 0.717) is 12.8 Å². The Morgan fingerprint density at radius 1 is 1.43 bits per heavy atom. The van der Waals surface area contributed by atoms with Gasteiger partial charge >= 0.3 is 10.1 Å². The Hall–Kier alpha value is -1.09. The average Bonchev–Trinajstić information content (AvgIpc) is 2.12. The zero-order chi connectivity index (χ0) is 11.0. The molecule has 80 valence electrons. The van der Waals surface area contributed by atoms with Crippen molar-refractivity contribution in [1.29, 1.82) is 5.26 Å². The van der Waals surface area contributed by atoms with Gasteiger partial charge in [0.15, 0.2) is 5.71 Å². The van der Waals surface area contributed by atoms with Crippen LogP contribution in [0.4, 0.5) is 0 Å². The summed E-state index contributed by atoms with van der Waals surface area (Å²) in [6, 6.07) is 1.78. The summed E-state index contributed by atoms with van der Waals surface area (Å²) in [7, 11) is -3.59. The molecule has 6 heteroatoms. The smallest absolute Gasteiger partial charge is 0.267 e. The quantitative estimate of drug-likeness (QED) is 0.499. The third-order valence-corrected chi connectivity index (χ3v) is 2.54. The van der Waals surface area contributed by atoms with Gasteiger partial charge in [0.1, 0.15) is 6.07 Å². The predicted molar refractivity (Wildman–Crippen MR) is 53.1 cm³/mol. The third kappa shape index (κ3) is 5.54. The van der Waals surface area contributed by atoms with Gasteiger partial charge in [-0.25, -0.2) is 0 Å². The normalized spacial score (nSPS) is 12.2. The van der Waals surface area contributed by atoms with Crippen LogP contribution in [-0.4, -0.2) is 19.9 Å². The van der Waals surface area contributed by atoms with Crippen molar-refractivity contribution in [3.8, 4) is 6.07 Å². The SMILES string of the molecule is CCCC(C#N)=NOS(=O)(=O)CCC. The van der Waals surface area contributed by atoms with E-state index in [-0.39, 0.29) is 11.5 Å². The van der Waals surface area contributed by atoms with Gasteiger partial charge in [-0.3, -0.25) is 4.28 Å². The van der Waals surface area contributed by atoms with Gasteiger partial charge in [-0.1, -0.05) is 19.0 Å². The van der Waals surface area contributed by atoms with Crippen molar-refractivity contribution in [2.75, 3.05) is 5.75 Å². The van der Waals surface area contributed by atoms with Gasteiger partial charge in [-0.15, -0.1) is 0 Å². The van der Waals surface area contributed by atoms with E-state index < -0.39 is 10.1 Å². The van der Waals surface area contributed by atoms with Crippen molar-refractivity contribution >= 4 is 15.8 Å². The van der Waals surface area contributed by atoms with E-state index in [4.69, 9.17) is 5.26 Å². The van der Waals surface area contributed by atoms with E-state index in [1.165, 1.54) is 0 Å². The molecule has 0 bridgehead atoms. The lowest BCUT2D eigenvalue weighted by Gasteiger charge is -1.99. The highest BCUT2D eigenvalue weighted by atomic mass is 32.2. The van der Waals surface area contributed by atoms with Gasteiger partial charge in [-0.2, -0.15) is 13.7 Å². The fraction of sp³-hybridized carbons (Fsp3) is 0.750. The summed E-state index contributed by atoms with van der Waals surface area (Å²) in [5.41, 5.74) is 0.104. The van der Waals surface area contributed by atoms with Crippen LogP contribution in [0.15, 0.2) is 5.16 Å². The van der Waals surface area contributed by atoms with Crippen molar-refractivity contribution in [3.63, 3.8) is 0 Å². The number of nitrogens with zero attached hydrogens (tertiary/aromatic N) is 2. The van der Waals surface area contributed by atoms with E-state index in [1.54, 1.807) is 13.0 Å². The molecule has 0 aliphatic carbocycles. The molecule has 0 unspecified atom stereocenters. The highest BCUT2D eigenvalue weighted by molar-refractivity contribution is 7.86. The maximum absolute atomic E-state index is 11.0. The molecule has 14 heavy (non-hydrogen) atoms. The minimum Gasteiger partial charge on any atom is -0.267 e. The topological polar surface area (TPSA) is 79.5 Å². The highest BCUT2D eigenvalue weighted by Crippen LogP contribution is 1.99. The van der Waals surface area contributed by atoms with Crippen molar-refractivity contribution in [1.82, 2.24) is 0 Å². The Labute approximate surface area is 84.5 Å². The van der Waals surface area contributed by atoms with E-state index in [0.717, 1.165) is 6.42 Å². The van der Waals surface area contributed by atoms with Crippen LogP contribution in [0.5, 0.6) is 0 Å². The first kappa shape index (κ1) is 12.9. The molecule has 0 rings (SSSR count). The fourth-order valence-corrected chi connectivity index (χ4v) is 1.53. The molecule has 0 aliphatic heterocycles. The molecule has 0 spiro atoms. The first-order valence-electron chi connectivity index (χ1n) is 4.44. The second-order valence-electron chi connectivity index (χ2n) is 2.74. The molecule has 0 atom stereocenters. The van der Waals surface area contributed by atoms with E-state index >= 15 is 0 Å². The van der Waals surface area contributed by atoms with Gasteiger partial charge in [0.05, 0.1) is 5.75 Å². The molecule has 0 fully saturated rings. The van der Waals surface area contributed by atoms with Gasteiger partial charge in [0.2, 0.25) is 0 Å². The second-order valence-corrected chi connectivity index (χ2v) is 4.41. The lowest BCUT2D eigenvalue weighted by molar-refractivity contribution is 0.338. The zero-order valence-electron chi connectivity index (χ0n) is 8.36. The third-order valence-electron chi connectivity index (χ3n) is 1.33. The average molecular weight is 218 g/mol. The van der Waals surface area contributed by atoms with Crippen LogP contribution in [0.1, 0.15) is 33.1 Å². The van der Waals surface area contributed by atoms with Crippen LogP contribution >= 0.6 is 0 Å². The Balaban J connectivity index is 4.33. The Bertz CT molecular complexity index is 327. The summed E-state index contributed by atoms with van der Waals surface area (Å²) >= 11 is 0. The molecule has 0 amide bonds. The van der Waals surface area contributed by atoms with Crippen LogP contribution in [0, 0.1) is 11.3 Å². The number of nitriles is 1. The highest BCUT2D eigenvalue weighted by Gasteiger charge is 2.09. The molecule has 0 aromatic heterocycles. The molecule has 0 aromatic carbocycles. The monoisotopic (exact) mass is 218 g/mol. The fourth-order valence-electron chi connectivity index (χ4n) is 0.748. The summed E-state index contributed by atoms with van der Waals surface area (Å²) in [5.74, 6) is -0.0820. The van der Waals surface area contributed by atoms with Crippen molar-refractivity contribution < 1.29 is 12.7 Å². The maximum Gasteiger partial charge on any atom is 0.328 e. The molecule has 5 nitrogen and oxygen atoms in total. The van der Waals surface area contributed by atoms with Gasteiger partial charge in [0, 0.05) is 6.42 Å². The molecular formula is C8H14N2O3S. The number of oxime groups is 1.